The van der Waals surface area contributed by atoms with Crippen molar-refractivity contribution in [1.29, 1.82) is 0 Å². The van der Waals surface area contributed by atoms with Gasteiger partial charge in [-0.25, -0.2) is 0 Å². The number of anilines is 1. The summed E-state index contributed by atoms with van der Waals surface area (Å²) < 4.78 is 10.2. The predicted molar refractivity (Wildman–Crippen MR) is 64.5 cm³/mol. The summed E-state index contributed by atoms with van der Waals surface area (Å²) in [5.41, 5.74) is 1.08. The van der Waals surface area contributed by atoms with Gasteiger partial charge in [-0.2, -0.15) is 0 Å². The minimum absolute atomic E-state index is 0.206. The molecular weight excluding hydrogens is 210 g/mol. The number of hydrogen-bond donors (Lipinski definition) is 1. The third-order valence-electron chi connectivity index (χ3n) is 2.07. The SMILES string of the molecule is COC(CNc1cccc(SC)c1)OC. The van der Waals surface area contributed by atoms with E-state index in [0.29, 0.717) is 6.54 Å². The maximum atomic E-state index is 5.09. The van der Waals surface area contributed by atoms with Gasteiger partial charge in [-0.1, -0.05) is 6.07 Å². The summed E-state index contributed by atoms with van der Waals surface area (Å²) >= 11 is 1.73. The molecule has 0 fully saturated rings. The van der Waals surface area contributed by atoms with Crippen molar-refractivity contribution in [2.75, 3.05) is 32.3 Å². The molecule has 0 heterocycles. The van der Waals surface area contributed by atoms with Crippen molar-refractivity contribution < 1.29 is 9.47 Å². The van der Waals surface area contributed by atoms with Crippen molar-refractivity contribution >= 4 is 17.4 Å². The fraction of sp³-hybridized carbons (Fsp3) is 0.455. The number of benzene rings is 1. The van der Waals surface area contributed by atoms with Gasteiger partial charge < -0.3 is 14.8 Å². The van der Waals surface area contributed by atoms with E-state index in [0.717, 1.165) is 5.69 Å². The first kappa shape index (κ1) is 12.4. The first-order chi connectivity index (χ1) is 7.30. The molecule has 3 nitrogen and oxygen atoms in total. The Balaban J connectivity index is 2.49. The Labute approximate surface area is 95.2 Å². The molecule has 0 bridgehead atoms. The van der Waals surface area contributed by atoms with E-state index in [2.05, 4.69) is 23.7 Å². The molecule has 0 aromatic heterocycles. The highest BCUT2D eigenvalue weighted by Gasteiger charge is 2.03. The standard InChI is InChI=1S/C11H17NO2S/c1-13-11(14-2)8-12-9-5-4-6-10(7-9)15-3/h4-7,11-12H,8H2,1-3H3. The van der Waals surface area contributed by atoms with Crippen molar-refractivity contribution in [1.82, 2.24) is 0 Å². The number of thioether (sulfide) groups is 1. The van der Waals surface area contributed by atoms with Crippen LogP contribution in [0.15, 0.2) is 29.2 Å². The van der Waals surface area contributed by atoms with Crippen LogP contribution in [0.4, 0.5) is 5.69 Å². The van der Waals surface area contributed by atoms with E-state index in [1.807, 2.05) is 12.1 Å². The molecule has 4 heteroatoms. The Morgan fingerprint density at radius 2 is 2.07 bits per heavy atom. The Kier molecular flexibility index (Phi) is 5.53. The van der Waals surface area contributed by atoms with Gasteiger partial charge in [0.2, 0.25) is 0 Å². The van der Waals surface area contributed by atoms with E-state index in [-0.39, 0.29) is 6.29 Å². The smallest absolute Gasteiger partial charge is 0.173 e. The van der Waals surface area contributed by atoms with E-state index in [4.69, 9.17) is 9.47 Å². The number of hydrogen-bond acceptors (Lipinski definition) is 4. The molecule has 0 aliphatic rings. The Morgan fingerprint density at radius 3 is 2.67 bits per heavy atom. The fourth-order valence-corrected chi connectivity index (χ4v) is 1.66. The summed E-state index contributed by atoms with van der Waals surface area (Å²) in [7, 11) is 3.27. The summed E-state index contributed by atoms with van der Waals surface area (Å²) in [4.78, 5) is 1.24. The van der Waals surface area contributed by atoms with Crippen LogP contribution in [-0.2, 0) is 9.47 Å². The van der Waals surface area contributed by atoms with E-state index in [1.54, 1.807) is 26.0 Å². The molecule has 0 aliphatic heterocycles. The number of ether oxygens (including phenoxy) is 2. The first-order valence-electron chi connectivity index (χ1n) is 4.73. The summed E-state index contributed by atoms with van der Waals surface area (Å²) in [6.07, 6.45) is 1.86. The molecule has 0 saturated heterocycles. The molecule has 0 radical (unpaired) electrons. The molecule has 1 aromatic carbocycles. The monoisotopic (exact) mass is 227 g/mol. The molecule has 84 valence electrons. The highest BCUT2D eigenvalue weighted by Crippen LogP contribution is 2.18. The van der Waals surface area contributed by atoms with E-state index < -0.39 is 0 Å². The third-order valence-corrected chi connectivity index (χ3v) is 2.79. The molecule has 1 rings (SSSR count). The van der Waals surface area contributed by atoms with Crippen LogP contribution in [0, 0.1) is 0 Å². The lowest BCUT2D eigenvalue weighted by Gasteiger charge is -2.15. The summed E-state index contributed by atoms with van der Waals surface area (Å²) in [6, 6.07) is 8.25. The van der Waals surface area contributed by atoms with Crippen LogP contribution in [0.1, 0.15) is 0 Å². The zero-order chi connectivity index (χ0) is 11.1. The average Bonchev–Trinajstić information content (AvgIpc) is 2.31. The Bertz CT molecular complexity index is 290. The van der Waals surface area contributed by atoms with Gasteiger partial charge in [0.25, 0.3) is 0 Å². The Hall–Kier alpha value is -0.710. The van der Waals surface area contributed by atoms with Crippen molar-refractivity contribution in [3.8, 4) is 0 Å². The normalized spacial score (nSPS) is 10.7. The molecule has 0 aliphatic carbocycles. The maximum Gasteiger partial charge on any atom is 0.173 e. The number of methoxy groups -OCH3 is 2. The van der Waals surface area contributed by atoms with Crippen molar-refractivity contribution in [2.24, 2.45) is 0 Å². The van der Waals surface area contributed by atoms with Crippen LogP contribution in [0.25, 0.3) is 0 Å². The van der Waals surface area contributed by atoms with Crippen LogP contribution in [0.3, 0.4) is 0 Å². The average molecular weight is 227 g/mol. The first-order valence-corrected chi connectivity index (χ1v) is 5.96. The maximum absolute atomic E-state index is 5.09. The molecular formula is C11H17NO2S. The Morgan fingerprint density at radius 1 is 1.33 bits per heavy atom. The number of rotatable bonds is 6. The minimum Gasteiger partial charge on any atom is -0.380 e. The molecule has 0 saturated carbocycles. The second-order valence-electron chi connectivity index (χ2n) is 3.01. The molecule has 0 amide bonds. The zero-order valence-electron chi connectivity index (χ0n) is 9.32. The molecule has 0 spiro atoms. The van der Waals surface area contributed by atoms with Gasteiger partial charge in [0.05, 0.1) is 6.54 Å². The summed E-state index contributed by atoms with van der Waals surface area (Å²) in [5, 5.41) is 3.26. The summed E-state index contributed by atoms with van der Waals surface area (Å²) in [6.45, 7) is 0.644. The zero-order valence-corrected chi connectivity index (χ0v) is 10.1. The van der Waals surface area contributed by atoms with Crippen LogP contribution >= 0.6 is 11.8 Å². The van der Waals surface area contributed by atoms with Crippen molar-refractivity contribution in [2.45, 2.75) is 11.2 Å². The largest absolute Gasteiger partial charge is 0.380 e. The second-order valence-corrected chi connectivity index (χ2v) is 3.89. The van der Waals surface area contributed by atoms with E-state index in [1.165, 1.54) is 4.90 Å². The second kappa shape index (κ2) is 6.71. The van der Waals surface area contributed by atoms with Crippen molar-refractivity contribution in [3.63, 3.8) is 0 Å². The van der Waals surface area contributed by atoms with Crippen LogP contribution in [0.2, 0.25) is 0 Å². The van der Waals surface area contributed by atoms with Crippen LogP contribution < -0.4 is 5.32 Å². The molecule has 15 heavy (non-hydrogen) atoms. The van der Waals surface area contributed by atoms with Gasteiger partial charge in [0, 0.05) is 24.8 Å². The molecule has 1 aromatic rings. The van der Waals surface area contributed by atoms with Gasteiger partial charge >= 0.3 is 0 Å². The van der Waals surface area contributed by atoms with Crippen molar-refractivity contribution in [3.05, 3.63) is 24.3 Å². The lowest BCUT2D eigenvalue weighted by Crippen LogP contribution is -2.23. The summed E-state index contributed by atoms with van der Waals surface area (Å²) in [5.74, 6) is 0. The quantitative estimate of drug-likeness (QED) is 0.597. The fourth-order valence-electron chi connectivity index (χ4n) is 1.20. The van der Waals surface area contributed by atoms with Gasteiger partial charge in [-0.3, -0.25) is 0 Å². The van der Waals surface area contributed by atoms with E-state index in [9.17, 15) is 0 Å². The van der Waals surface area contributed by atoms with Gasteiger partial charge in [-0.15, -0.1) is 11.8 Å². The molecule has 1 N–H and O–H groups in total. The van der Waals surface area contributed by atoms with Gasteiger partial charge in [-0.05, 0) is 24.5 Å². The van der Waals surface area contributed by atoms with Crippen LogP contribution in [0.5, 0.6) is 0 Å². The molecule has 0 unspecified atom stereocenters. The van der Waals surface area contributed by atoms with Gasteiger partial charge in [0.1, 0.15) is 0 Å². The number of nitrogens with one attached hydrogen (secondary N) is 1. The highest BCUT2D eigenvalue weighted by molar-refractivity contribution is 7.98. The van der Waals surface area contributed by atoms with Gasteiger partial charge in [0.15, 0.2) is 6.29 Å². The minimum atomic E-state index is -0.206. The lowest BCUT2D eigenvalue weighted by molar-refractivity contribution is -0.0914. The lowest BCUT2D eigenvalue weighted by atomic mass is 10.3. The topological polar surface area (TPSA) is 30.5 Å². The molecule has 0 atom stereocenters. The highest BCUT2D eigenvalue weighted by atomic mass is 32.2. The van der Waals surface area contributed by atoms with Crippen LogP contribution in [-0.4, -0.2) is 33.3 Å². The predicted octanol–water partition coefficient (Wildman–Crippen LogP) is 2.44. The third kappa shape index (κ3) is 4.11. The van der Waals surface area contributed by atoms with E-state index >= 15 is 0 Å².